The van der Waals surface area contributed by atoms with E-state index in [1.165, 1.54) is 18.5 Å². The van der Waals surface area contributed by atoms with Crippen LogP contribution in [0.3, 0.4) is 0 Å². The summed E-state index contributed by atoms with van der Waals surface area (Å²) in [6, 6.07) is 3.12. The fraction of sp³-hybridized carbons (Fsp3) is 0.727. The highest BCUT2D eigenvalue weighted by atomic mass is 15.3. The summed E-state index contributed by atoms with van der Waals surface area (Å²) >= 11 is 0. The molecule has 1 heterocycles. The number of nitrogens with zero attached hydrogens (tertiary/aromatic N) is 2. The van der Waals surface area contributed by atoms with Crippen LogP contribution in [0.5, 0.6) is 0 Å². The van der Waals surface area contributed by atoms with Crippen molar-refractivity contribution in [1.82, 2.24) is 15.1 Å². The fourth-order valence-electron chi connectivity index (χ4n) is 2.02. The molecule has 2 atom stereocenters. The zero-order valence-electron chi connectivity index (χ0n) is 9.20. The summed E-state index contributed by atoms with van der Waals surface area (Å²) in [7, 11) is 2.00. The van der Waals surface area contributed by atoms with Crippen LogP contribution in [0.4, 0.5) is 0 Å². The maximum absolute atomic E-state index is 4.18. The lowest BCUT2D eigenvalue weighted by Crippen LogP contribution is -2.31. The molecule has 0 amide bonds. The molecule has 1 aliphatic rings. The van der Waals surface area contributed by atoms with E-state index < -0.39 is 0 Å². The predicted molar refractivity (Wildman–Crippen MR) is 56.9 cm³/mol. The van der Waals surface area contributed by atoms with Gasteiger partial charge in [0.1, 0.15) is 0 Å². The summed E-state index contributed by atoms with van der Waals surface area (Å²) in [4.78, 5) is 0. The Kier molecular flexibility index (Phi) is 2.59. The quantitative estimate of drug-likeness (QED) is 0.791. The lowest BCUT2D eigenvalue weighted by Gasteiger charge is -2.19. The largest absolute Gasteiger partial charge is 0.306 e. The molecule has 14 heavy (non-hydrogen) atoms. The molecule has 1 aliphatic carbocycles. The second kappa shape index (κ2) is 3.73. The van der Waals surface area contributed by atoms with Gasteiger partial charge in [0, 0.05) is 25.3 Å². The van der Waals surface area contributed by atoms with Crippen molar-refractivity contribution in [3.05, 3.63) is 18.0 Å². The van der Waals surface area contributed by atoms with Crippen molar-refractivity contribution in [2.75, 3.05) is 0 Å². The molecule has 3 nitrogen and oxygen atoms in total. The third-order valence-corrected chi connectivity index (χ3v) is 3.14. The molecule has 2 unspecified atom stereocenters. The number of hydrogen-bond acceptors (Lipinski definition) is 2. The standard InChI is InChI=1S/C11H19N3/c1-8(10-4-5-10)13-9(2)11-6-7-12-14(11)3/h6-10,13H,4-5H2,1-3H3. The zero-order chi connectivity index (χ0) is 10.1. The van der Waals surface area contributed by atoms with Crippen LogP contribution < -0.4 is 5.32 Å². The van der Waals surface area contributed by atoms with Gasteiger partial charge in [0.05, 0.1) is 5.69 Å². The van der Waals surface area contributed by atoms with E-state index in [0.717, 1.165) is 5.92 Å². The molecular formula is C11H19N3. The summed E-state index contributed by atoms with van der Waals surface area (Å²) in [5.41, 5.74) is 1.26. The molecule has 0 spiro atoms. The Morgan fingerprint density at radius 3 is 2.71 bits per heavy atom. The smallest absolute Gasteiger partial charge is 0.0547 e. The second-order valence-electron chi connectivity index (χ2n) is 4.39. The highest BCUT2D eigenvalue weighted by Crippen LogP contribution is 2.33. The van der Waals surface area contributed by atoms with Gasteiger partial charge >= 0.3 is 0 Å². The van der Waals surface area contributed by atoms with Crippen molar-refractivity contribution in [2.45, 2.75) is 38.8 Å². The lowest BCUT2D eigenvalue weighted by molar-refractivity contribution is 0.425. The summed E-state index contributed by atoms with van der Waals surface area (Å²) in [5.74, 6) is 0.908. The van der Waals surface area contributed by atoms with Crippen molar-refractivity contribution in [1.29, 1.82) is 0 Å². The molecule has 0 bridgehead atoms. The minimum Gasteiger partial charge on any atom is -0.306 e. The van der Waals surface area contributed by atoms with E-state index in [2.05, 4.69) is 30.3 Å². The molecule has 0 aliphatic heterocycles. The van der Waals surface area contributed by atoms with E-state index in [1.807, 2.05) is 17.9 Å². The number of hydrogen-bond donors (Lipinski definition) is 1. The highest BCUT2D eigenvalue weighted by Gasteiger charge is 2.28. The summed E-state index contributed by atoms with van der Waals surface area (Å²) < 4.78 is 1.94. The highest BCUT2D eigenvalue weighted by molar-refractivity contribution is 5.06. The third kappa shape index (κ3) is 1.98. The first-order valence-corrected chi connectivity index (χ1v) is 5.42. The molecule has 0 radical (unpaired) electrons. The van der Waals surface area contributed by atoms with Gasteiger partial charge in [0.2, 0.25) is 0 Å². The molecule has 2 rings (SSSR count). The van der Waals surface area contributed by atoms with Gasteiger partial charge in [-0.2, -0.15) is 5.10 Å². The average molecular weight is 193 g/mol. The number of nitrogens with one attached hydrogen (secondary N) is 1. The van der Waals surface area contributed by atoms with Gasteiger partial charge in [-0.05, 0) is 38.7 Å². The SMILES string of the molecule is CC(NC(C)C1CC1)c1ccnn1C. The topological polar surface area (TPSA) is 29.9 Å². The van der Waals surface area contributed by atoms with Gasteiger partial charge in [0.15, 0.2) is 0 Å². The zero-order valence-corrected chi connectivity index (χ0v) is 9.20. The molecule has 0 aromatic carbocycles. The summed E-state index contributed by atoms with van der Waals surface area (Å²) in [6.45, 7) is 4.49. The van der Waals surface area contributed by atoms with Crippen molar-refractivity contribution < 1.29 is 0 Å². The van der Waals surface area contributed by atoms with Crippen molar-refractivity contribution in [2.24, 2.45) is 13.0 Å². The molecule has 0 saturated heterocycles. The van der Waals surface area contributed by atoms with Crippen molar-refractivity contribution in [3.63, 3.8) is 0 Å². The molecular weight excluding hydrogens is 174 g/mol. The Hall–Kier alpha value is -0.830. The lowest BCUT2D eigenvalue weighted by atomic mass is 10.1. The Bertz CT molecular complexity index is 301. The van der Waals surface area contributed by atoms with Crippen LogP contribution in [0, 0.1) is 5.92 Å². The van der Waals surface area contributed by atoms with E-state index in [-0.39, 0.29) is 0 Å². The predicted octanol–water partition coefficient (Wildman–Crippen LogP) is 1.87. The summed E-state index contributed by atoms with van der Waals surface area (Å²) in [5, 5.41) is 7.81. The molecule has 1 aromatic heterocycles. The van der Waals surface area contributed by atoms with Crippen LogP contribution in [0.15, 0.2) is 12.3 Å². The van der Waals surface area contributed by atoms with Crippen molar-refractivity contribution in [3.8, 4) is 0 Å². The first-order valence-electron chi connectivity index (χ1n) is 5.42. The number of aromatic nitrogens is 2. The normalized spacial score (nSPS) is 20.8. The average Bonchev–Trinajstić information content (AvgIpc) is 2.89. The molecule has 1 N–H and O–H groups in total. The monoisotopic (exact) mass is 193 g/mol. The maximum Gasteiger partial charge on any atom is 0.0547 e. The first kappa shape index (κ1) is 9.71. The van der Waals surface area contributed by atoms with Gasteiger partial charge in [-0.3, -0.25) is 4.68 Å². The number of aryl methyl sites for hydroxylation is 1. The van der Waals surface area contributed by atoms with E-state index in [9.17, 15) is 0 Å². The molecule has 3 heteroatoms. The van der Waals surface area contributed by atoms with E-state index in [4.69, 9.17) is 0 Å². The second-order valence-corrected chi connectivity index (χ2v) is 4.39. The minimum atomic E-state index is 0.401. The first-order chi connectivity index (χ1) is 6.68. The van der Waals surface area contributed by atoms with E-state index in [0.29, 0.717) is 12.1 Å². The van der Waals surface area contributed by atoms with Crippen LogP contribution in [-0.2, 0) is 7.05 Å². The van der Waals surface area contributed by atoms with Crippen LogP contribution in [0.2, 0.25) is 0 Å². The third-order valence-electron chi connectivity index (χ3n) is 3.14. The Morgan fingerprint density at radius 1 is 1.50 bits per heavy atom. The Balaban J connectivity index is 1.94. The van der Waals surface area contributed by atoms with Gasteiger partial charge in [-0.25, -0.2) is 0 Å². The van der Waals surface area contributed by atoms with E-state index >= 15 is 0 Å². The molecule has 1 aromatic rings. The fourth-order valence-corrected chi connectivity index (χ4v) is 2.02. The van der Waals surface area contributed by atoms with Gasteiger partial charge in [-0.1, -0.05) is 0 Å². The van der Waals surface area contributed by atoms with Crippen LogP contribution in [-0.4, -0.2) is 15.8 Å². The Morgan fingerprint density at radius 2 is 2.21 bits per heavy atom. The molecule has 1 fully saturated rings. The van der Waals surface area contributed by atoms with Crippen molar-refractivity contribution >= 4 is 0 Å². The summed E-state index contributed by atoms with van der Waals surface area (Å²) in [6.07, 6.45) is 4.65. The Labute approximate surface area is 85.5 Å². The number of rotatable bonds is 4. The van der Waals surface area contributed by atoms with Gasteiger partial charge in [-0.15, -0.1) is 0 Å². The minimum absolute atomic E-state index is 0.401. The van der Waals surface area contributed by atoms with E-state index in [1.54, 1.807) is 0 Å². The molecule has 78 valence electrons. The van der Waals surface area contributed by atoms with Gasteiger partial charge < -0.3 is 5.32 Å². The van der Waals surface area contributed by atoms with Gasteiger partial charge in [0.25, 0.3) is 0 Å². The molecule has 1 saturated carbocycles. The maximum atomic E-state index is 4.18. The van der Waals surface area contributed by atoms with Crippen LogP contribution in [0.1, 0.15) is 38.4 Å². The van der Waals surface area contributed by atoms with Crippen LogP contribution >= 0.6 is 0 Å². The van der Waals surface area contributed by atoms with Crippen LogP contribution in [0.25, 0.3) is 0 Å².